The van der Waals surface area contributed by atoms with Crippen molar-refractivity contribution >= 4 is 51.8 Å². The van der Waals surface area contributed by atoms with Crippen LogP contribution in [0.4, 0.5) is 10.7 Å². The smallest absolute Gasteiger partial charge is 0.353 e. The highest BCUT2D eigenvalue weighted by molar-refractivity contribution is 8.15. The topological polar surface area (TPSA) is 145 Å². The third kappa shape index (κ3) is 5.01. The van der Waals surface area contributed by atoms with Crippen molar-refractivity contribution in [3.63, 3.8) is 0 Å². The van der Waals surface area contributed by atoms with Gasteiger partial charge in [-0.25, -0.2) is 9.52 Å². The molecule has 11 nitrogen and oxygen atoms in total. The third-order valence-electron chi connectivity index (χ3n) is 1.88. The van der Waals surface area contributed by atoms with Gasteiger partial charge in [-0.1, -0.05) is 0 Å². The summed E-state index contributed by atoms with van der Waals surface area (Å²) in [5.41, 5.74) is 0. The van der Waals surface area contributed by atoms with E-state index in [0.717, 1.165) is 0 Å². The number of hydrogen-bond donors (Lipinski definition) is 1. The molecule has 0 aliphatic carbocycles. The number of methoxy groups -OCH3 is 2. The largest absolute Gasteiger partial charge is 0.481 e. The van der Waals surface area contributed by atoms with Crippen LogP contribution < -0.4 is 18.5 Å². The van der Waals surface area contributed by atoms with Gasteiger partial charge >= 0.3 is 24.5 Å². The standard InChI is InChI=1S/C7H8Cl2N4O7S2/c1-19-4-3-5(20-2)11-6(10-4)13(22(9,17)18)7(14)12-21(8,15)16/h3H,1-2H3,(H,12,14). The minimum Gasteiger partial charge on any atom is -0.481 e. The molecule has 22 heavy (non-hydrogen) atoms. The van der Waals surface area contributed by atoms with Crippen LogP contribution in [0.3, 0.4) is 0 Å². The van der Waals surface area contributed by atoms with Crippen molar-refractivity contribution in [2.45, 2.75) is 0 Å². The first-order chi connectivity index (χ1) is 9.97. The van der Waals surface area contributed by atoms with Crippen LogP contribution in [0.25, 0.3) is 0 Å². The Morgan fingerprint density at radius 3 is 1.91 bits per heavy atom. The maximum Gasteiger partial charge on any atom is 0.353 e. The van der Waals surface area contributed by atoms with Gasteiger partial charge in [-0.2, -0.15) is 26.8 Å². The van der Waals surface area contributed by atoms with Gasteiger partial charge in [-0.05, 0) is 0 Å². The van der Waals surface area contributed by atoms with E-state index in [1.807, 2.05) is 0 Å². The Morgan fingerprint density at radius 1 is 1.14 bits per heavy atom. The molecule has 1 rings (SSSR count). The van der Waals surface area contributed by atoms with E-state index < -0.39 is 30.5 Å². The quantitative estimate of drug-likeness (QED) is 0.680. The molecule has 1 aromatic rings. The van der Waals surface area contributed by atoms with Crippen molar-refractivity contribution in [2.24, 2.45) is 0 Å². The van der Waals surface area contributed by atoms with Crippen LogP contribution in [0.15, 0.2) is 6.07 Å². The molecule has 0 fully saturated rings. The lowest BCUT2D eigenvalue weighted by atomic mass is 10.6. The van der Waals surface area contributed by atoms with E-state index in [1.54, 1.807) is 0 Å². The average molecular weight is 395 g/mol. The van der Waals surface area contributed by atoms with Crippen LogP contribution in [0.5, 0.6) is 11.8 Å². The van der Waals surface area contributed by atoms with E-state index in [1.165, 1.54) is 25.0 Å². The number of carbonyl (C=O) groups is 1. The monoisotopic (exact) mass is 394 g/mol. The molecule has 0 atom stereocenters. The van der Waals surface area contributed by atoms with Gasteiger partial charge in [-0.3, -0.25) is 0 Å². The summed E-state index contributed by atoms with van der Waals surface area (Å²) >= 11 is 0. The number of carbonyl (C=O) groups excluding carboxylic acids is 1. The second kappa shape index (κ2) is 6.68. The van der Waals surface area contributed by atoms with Gasteiger partial charge in [0.15, 0.2) is 0 Å². The van der Waals surface area contributed by atoms with E-state index in [-0.39, 0.29) is 16.1 Å². The predicted molar refractivity (Wildman–Crippen MR) is 75.7 cm³/mol. The first-order valence-electron chi connectivity index (χ1n) is 4.96. The Labute approximate surface area is 134 Å². The number of nitrogens with one attached hydrogen (secondary N) is 1. The molecule has 124 valence electrons. The van der Waals surface area contributed by atoms with Gasteiger partial charge in [0.2, 0.25) is 11.8 Å². The summed E-state index contributed by atoms with van der Waals surface area (Å²) in [6.07, 6.45) is 0. The second-order valence-corrected chi connectivity index (χ2v) is 7.96. The van der Waals surface area contributed by atoms with Crippen LogP contribution in [0.1, 0.15) is 0 Å². The summed E-state index contributed by atoms with van der Waals surface area (Å²) in [4.78, 5) is 18.9. The molecule has 0 aromatic carbocycles. The maximum atomic E-state index is 11.7. The molecule has 0 saturated carbocycles. The van der Waals surface area contributed by atoms with Gasteiger partial charge in [0.05, 0.1) is 20.3 Å². The van der Waals surface area contributed by atoms with Gasteiger partial charge < -0.3 is 9.47 Å². The lowest BCUT2D eigenvalue weighted by Gasteiger charge is -2.17. The number of halogens is 2. The van der Waals surface area contributed by atoms with Crippen molar-refractivity contribution in [2.75, 3.05) is 18.5 Å². The summed E-state index contributed by atoms with van der Waals surface area (Å²) in [6, 6.07) is -0.543. The molecule has 0 aliphatic rings. The molecular formula is C7H8Cl2N4O7S2. The molecule has 1 N–H and O–H groups in total. The van der Waals surface area contributed by atoms with Crippen molar-refractivity contribution < 1.29 is 31.1 Å². The number of amides is 2. The lowest BCUT2D eigenvalue weighted by Crippen LogP contribution is -2.44. The van der Waals surface area contributed by atoms with E-state index in [0.29, 0.717) is 0 Å². The van der Waals surface area contributed by atoms with Gasteiger partial charge in [0, 0.05) is 21.4 Å². The molecule has 0 aliphatic heterocycles. The fraction of sp³-hybridized carbons (Fsp3) is 0.286. The van der Waals surface area contributed by atoms with Crippen LogP contribution >= 0.6 is 21.4 Å². The van der Waals surface area contributed by atoms with E-state index in [4.69, 9.17) is 30.8 Å². The van der Waals surface area contributed by atoms with Crippen molar-refractivity contribution in [1.82, 2.24) is 14.7 Å². The van der Waals surface area contributed by atoms with Crippen LogP contribution in [0, 0.1) is 0 Å². The lowest BCUT2D eigenvalue weighted by molar-refractivity contribution is 0.254. The van der Waals surface area contributed by atoms with Crippen LogP contribution in [-0.4, -0.2) is 47.1 Å². The Hall–Kier alpha value is -1.57. The van der Waals surface area contributed by atoms with Crippen molar-refractivity contribution in [3.05, 3.63) is 6.07 Å². The van der Waals surface area contributed by atoms with Gasteiger partial charge in [-0.15, -0.1) is 4.31 Å². The number of anilines is 1. The summed E-state index contributed by atoms with van der Waals surface area (Å²) < 4.78 is 55.1. The number of urea groups is 1. The van der Waals surface area contributed by atoms with Gasteiger partial charge in [0.25, 0.3) is 5.95 Å². The van der Waals surface area contributed by atoms with Crippen molar-refractivity contribution in [3.8, 4) is 11.8 Å². The minimum absolute atomic E-state index is 0.173. The average Bonchev–Trinajstić information content (AvgIpc) is 2.34. The normalized spacial score (nSPS) is 11.6. The molecule has 0 saturated heterocycles. The first-order valence-corrected chi connectivity index (χ1v) is 9.54. The Balaban J connectivity index is 3.44. The van der Waals surface area contributed by atoms with Crippen LogP contribution in [-0.2, 0) is 18.5 Å². The summed E-state index contributed by atoms with van der Waals surface area (Å²) in [5, 5.41) is 0. The zero-order valence-electron chi connectivity index (χ0n) is 10.8. The van der Waals surface area contributed by atoms with Crippen LogP contribution in [0.2, 0.25) is 0 Å². The predicted octanol–water partition coefficient (Wildman–Crippen LogP) is -0.0230. The molecule has 0 bridgehead atoms. The zero-order valence-corrected chi connectivity index (χ0v) is 14.0. The number of ether oxygens (including phenoxy) is 2. The fourth-order valence-electron chi connectivity index (χ4n) is 1.13. The van der Waals surface area contributed by atoms with Gasteiger partial charge in [0.1, 0.15) is 0 Å². The molecule has 0 spiro atoms. The van der Waals surface area contributed by atoms with E-state index in [9.17, 15) is 21.6 Å². The zero-order chi connectivity index (χ0) is 17.1. The molecule has 2 amide bonds. The molecule has 1 aromatic heterocycles. The molecule has 0 radical (unpaired) electrons. The first kappa shape index (κ1) is 18.5. The number of nitrogens with zero attached hydrogens (tertiary/aromatic N) is 3. The highest BCUT2D eigenvalue weighted by Crippen LogP contribution is 2.23. The Kier molecular flexibility index (Phi) is 5.61. The molecular weight excluding hydrogens is 387 g/mol. The molecule has 1 heterocycles. The number of hydrogen-bond acceptors (Lipinski definition) is 9. The fourth-order valence-corrected chi connectivity index (χ4v) is 2.57. The highest BCUT2D eigenvalue weighted by Gasteiger charge is 2.33. The Bertz CT molecular complexity index is 760. The summed E-state index contributed by atoms with van der Waals surface area (Å²) in [5.74, 6) is -1.16. The summed E-state index contributed by atoms with van der Waals surface area (Å²) in [6.45, 7) is 0. The minimum atomic E-state index is -4.81. The number of aromatic nitrogens is 2. The SMILES string of the molecule is COc1cc(OC)nc(N(C(=O)NS(=O)(=O)Cl)S(=O)(=O)Cl)n1. The highest BCUT2D eigenvalue weighted by atomic mass is 35.7. The molecule has 0 unspecified atom stereocenters. The number of rotatable bonds is 5. The Morgan fingerprint density at radius 2 is 1.59 bits per heavy atom. The summed E-state index contributed by atoms with van der Waals surface area (Å²) in [7, 11) is 2.92. The van der Waals surface area contributed by atoms with E-state index in [2.05, 4.69) is 9.97 Å². The van der Waals surface area contributed by atoms with E-state index >= 15 is 0 Å². The molecule has 15 heteroatoms. The maximum absolute atomic E-state index is 11.7. The van der Waals surface area contributed by atoms with Crippen molar-refractivity contribution in [1.29, 1.82) is 0 Å². The second-order valence-electron chi connectivity index (χ2n) is 3.30. The third-order valence-corrected chi connectivity index (χ3v) is 3.71.